The lowest BCUT2D eigenvalue weighted by molar-refractivity contribution is -0.00549. The summed E-state index contributed by atoms with van der Waals surface area (Å²) in [4.78, 5) is 4.30. The van der Waals surface area contributed by atoms with Gasteiger partial charge in [-0.3, -0.25) is 0 Å². The molecule has 0 spiro atoms. The van der Waals surface area contributed by atoms with Crippen LogP contribution in [0.4, 0.5) is 0 Å². The number of nitrogens with two attached hydrogens (primary N) is 1. The van der Waals surface area contributed by atoms with Crippen LogP contribution in [-0.2, 0) is 15.9 Å². The minimum absolute atomic E-state index is 0.323. The van der Waals surface area contributed by atoms with Crippen LogP contribution in [0.15, 0.2) is 4.52 Å². The Balaban J connectivity index is 1.84. The van der Waals surface area contributed by atoms with Gasteiger partial charge >= 0.3 is 0 Å². The lowest BCUT2D eigenvalue weighted by Gasteiger charge is -2.26. The van der Waals surface area contributed by atoms with Gasteiger partial charge < -0.3 is 19.7 Å². The molecule has 0 amide bonds. The van der Waals surface area contributed by atoms with Gasteiger partial charge in [-0.1, -0.05) is 5.16 Å². The molecule has 0 bridgehead atoms. The Bertz CT molecular complexity index is 402. The molecule has 0 saturated heterocycles. The Morgan fingerprint density at radius 1 is 1.47 bits per heavy atom. The maximum atomic E-state index is 5.99. The minimum Gasteiger partial charge on any atom is -0.378 e. The number of rotatable bonds is 7. The van der Waals surface area contributed by atoms with Crippen LogP contribution in [0.25, 0.3) is 0 Å². The molecule has 6 heteroatoms. The summed E-state index contributed by atoms with van der Waals surface area (Å²) in [5.74, 6) is 1.04. The highest BCUT2D eigenvalue weighted by molar-refractivity contribution is 4.95. The van der Waals surface area contributed by atoms with Gasteiger partial charge in [0, 0.05) is 7.11 Å². The van der Waals surface area contributed by atoms with Crippen molar-refractivity contribution >= 4 is 0 Å². The lowest BCUT2D eigenvalue weighted by Crippen LogP contribution is -2.27. The fourth-order valence-electron chi connectivity index (χ4n) is 1.78. The van der Waals surface area contributed by atoms with Crippen LogP contribution in [0.5, 0.6) is 0 Å². The molecule has 1 aromatic heterocycles. The van der Waals surface area contributed by atoms with Gasteiger partial charge in [0.1, 0.15) is 0 Å². The molecule has 0 aromatic carbocycles. The molecular formula is C13H23N3O3. The molecule has 2 rings (SSSR count). The number of hydrogen-bond donors (Lipinski definition) is 1. The molecule has 0 radical (unpaired) electrons. The summed E-state index contributed by atoms with van der Waals surface area (Å²) in [7, 11) is 1.66. The Morgan fingerprint density at radius 3 is 2.79 bits per heavy atom. The maximum absolute atomic E-state index is 5.99. The summed E-state index contributed by atoms with van der Waals surface area (Å²) >= 11 is 0. The van der Waals surface area contributed by atoms with Crippen molar-refractivity contribution in [1.29, 1.82) is 0 Å². The number of hydrogen-bond acceptors (Lipinski definition) is 6. The number of methoxy groups -OCH3 is 1. The highest BCUT2D eigenvalue weighted by atomic mass is 16.5. The highest BCUT2D eigenvalue weighted by Crippen LogP contribution is 2.23. The number of nitrogens with zero attached hydrogens (tertiary/aromatic N) is 2. The molecule has 1 fully saturated rings. The van der Waals surface area contributed by atoms with Gasteiger partial charge in [0.2, 0.25) is 5.89 Å². The largest absolute Gasteiger partial charge is 0.378 e. The first-order valence-electron chi connectivity index (χ1n) is 6.75. The van der Waals surface area contributed by atoms with E-state index >= 15 is 0 Å². The molecule has 19 heavy (non-hydrogen) atoms. The first-order chi connectivity index (χ1) is 9.00. The Labute approximate surface area is 113 Å². The van der Waals surface area contributed by atoms with Crippen LogP contribution in [-0.4, -0.2) is 35.6 Å². The third-order valence-electron chi connectivity index (χ3n) is 3.51. The molecule has 0 aliphatic heterocycles. The van der Waals surface area contributed by atoms with Crippen molar-refractivity contribution in [3.05, 3.63) is 11.7 Å². The van der Waals surface area contributed by atoms with Crippen molar-refractivity contribution in [2.24, 2.45) is 5.73 Å². The van der Waals surface area contributed by atoms with Crippen LogP contribution in [0, 0.1) is 0 Å². The van der Waals surface area contributed by atoms with E-state index in [1.54, 1.807) is 7.11 Å². The third kappa shape index (κ3) is 3.99. The van der Waals surface area contributed by atoms with E-state index < -0.39 is 0 Å². The molecule has 1 heterocycles. The smallest absolute Gasteiger partial charge is 0.229 e. The second-order valence-electron chi connectivity index (χ2n) is 5.68. The minimum atomic E-state index is -0.330. The summed E-state index contributed by atoms with van der Waals surface area (Å²) in [6, 6.07) is -0.330. The highest BCUT2D eigenvalue weighted by Gasteiger charge is 2.24. The zero-order valence-corrected chi connectivity index (χ0v) is 11.9. The molecule has 1 atom stereocenters. The monoisotopic (exact) mass is 269 g/mol. The van der Waals surface area contributed by atoms with Crippen LogP contribution in [0.2, 0.25) is 0 Å². The quantitative estimate of drug-likeness (QED) is 0.809. The Kier molecular flexibility index (Phi) is 4.54. The molecular weight excluding hydrogens is 246 g/mol. The van der Waals surface area contributed by atoms with Crippen LogP contribution in [0.3, 0.4) is 0 Å². The third-order valence-corrected chi connectivity index (χ3v) is 3.51. The van der Waals surface area contributed by atoms with Gasteiger partial charge in [0.05, 0.1) is 30.8 Å². The second-order valence-corrected chi connectivity index (χ2v) is 5.68. The van der Waals surface area contributed by atoms with E-state index in [-0.39, 0.29) is 11.6 Å². The van der Waals surface area contributed by atoms with Crippen molar-refractivity contribution in [2.45, 2.75) is 57.3 Å². The second kappa shape index (κ2) is 5.98. The van der Waals surface area contributed by atoms with E-state index in [2.05, 4.69) is 10.1 Å². The summed E-state index contributed by atoms with van der Waals surface area (Å²) in [5, 5.41) is 3.91. The predicted octanol–water partition coefficient (Wildman–Crippen LogP) is 1.61. The van der Waals surface area contributed by atoms with Crippen LogP contribution < -0.4 is 5.73 Å². The van der Waals surface area contributed by atoms with Gasteiger partial charge in [-0.05, 0) is 33.1 Å². The molecule has 108 valence electrons. The van der Waals surface area contributed by atoms with Crippen molar-refractivity contribution < 1.29 is 14.0 Å². The van der Waals surface area contributed by atoms with Gasteiger partial charge in [0.25, 0.3) is 0 Å². The number of aromatic nitrogens is 2. The SMILES string of the molecule is COC(C)(C)Cc1nc(C(N)COC2CCC2)no1. The molecule has 1 aromatic rings. The zero-order chi connectivity index (χ0) is 13.9. The summed E-state index contributed by atoms with van der Waals surface area (Å²) in [5.41, 5.74) is 5.67. The van der Waals surface area contributed by atoms with Crippen molar-refractivity contribution in [1.82, 2.24) is 10.1 Å². The molecule has 6 nitrogen and oxygen atoms in total. The van der Waals surface area contributed by atoms with E-state index in [4.69, 9.17) is 19.7 Å². The summed E-state index contributed by atoms with van der Waals surface area (Å²) in [6.07, 6.45) is 4.44. The standard InChI is InChI=1S/C13H23N3O3/c1-13(2,17-3)7-11-15-12(16-19-11)10(14)8-18-9-5-4-6-9/h9-10H,4-8,14H2,1-3H3. The molecule has 1 saturated carbocycles. The van der Waals surface area contributed by atoms with Crippen LogP contribution in [0.1, 0.15) is 50.9 Å². The van der Waals surface area contributed by atoms with Gasteiger partial charge in [-0.15, -0.1) is 0 Å². The van der Waals surface area contributed by atoms with E-state index in [0.717, 1.165) is 12.8 Å². The molecule has 1 aliphatic rings. The van der Waals surface area contributed by atoms with E-state index in [1.807, 2.05) is 13.8 Å². The van der Waals surface area contributed by atoms with E-state index in [1.165, 1.54) is 6.42 Å². The van der Waals surface area contributed by atoms with Gasteiger partial charge in [-0.25, -0.2) is 0 Å². The molecule has 2 N–H and O–H groups in total. The topological polar surface area (TPSA) is 83.4 Å². The van der Waals surface area contributed by atoms with Gasteiger partial charge in [0.15, 0.2) is 5.82 Å². The van der Waals surface area contributed by atoms with Crippen LogP contribution >= 0.6 is 0 Å². The normalized spacial score (nSPS) is 18.3. The maximum Gasteiger partial charge on any atom is 0.229 e. The molecule has 1 aliphatic carbocycles. The fraction of sp³-hybridized carbons (Fsp3) is 0.846. The first-order valence-corrected chi connectivity index (χ1v) is 6.75. The fourth-order valence-corrected chi connectivity index (χ4v) is 1.78. The summed E-state index contributed by atoms with van der Waals surface area (Å²) in [6.45, 7) is 4.38. The molecule has 1 unspecified atom stereocenters. The van der Waals surface area contributed by atoms with Crippen molar-refractivity contribution in [2.75, 3.05) is 13.7 Å². The average Bonchev–Trinajstić information content (AvgIpc) is 2.74. The van der Waals surface area contributed by atoms with E-state index in [9.17, 15) is 0 Å². The Morgan fingerprint density at radius 2 is 2.21 bits per heavy atom. The first kappa shape index (κ1) is 14.4. The average molecular weight is 269 g/mol. The van der Waals surface area contributed by atoms with Gasteiger partial charge in [-0.2, -0.15) is 4.98 Å². The van der Waals surface area contributed by atoms with Crippen molar-refractivity contribution in [3.8, 4) is 0 Å². The predicted molar refractivity (Wildman–Crippen MR) is 69.6 cm³/mol. The Hall–Kier alpha value is -0.980. The zero-order valence-electron chi connectivity index (χ0n) is 11.9. The number of ether oxygens (including phenoxy) is 2. The van der Waals surface area contributed by atoms with Crippen molar-refractivity contribution in [3.63, 3.8) is 0 Å². The van der Waals surface area contributed by atoms with E-state index in [0.29, 0.717) is 30.8 Å². The lowest BCUT2D eigenvalue weighted by atomic mass is 9.96. The summed E-state index contributed by atoms with van der Waals surface area (Å²) < 4.78 is 16.2.